The van der Waals surface area contributed by atoms with Crippen molar-refractivity contribution in [2.24, 2.45) is 5.10 Å². The zero-order chi connectivity index (χ0) is 22.5. The number of nitrogens with zero attached hydrogens (tertiary/aromatic N) is 3. The first-order chi connectivity index (χ1) is 15.6. The fourth-order valence-corrected chi connectivity index (χ4v) is 3.60. The molecule has 0 aliphatic rings. The van der Waals surface area contributed by atoms with Crippen LogP contribution >= 0.6 is 0 Å². The van der Waals surface area contributed by atoms with Crippen molar-refractivity contribution in [1.29, 1.82) is 0 Å². The summed E-state index contributed by atoms with van der Waals surface area (Å²) < 4.78 is 1.85. The van der Waals surface area contributed by atoms with Gasteiger partial charge in [0.05, 0.1) is 24.0 Å². The highest BCUT2D eigenvalue weighted by molar-refractivity contribution is 6.11. The molecule has 3 aromatic heterocycles. The number of hydrazone groups is 1. The molecule has 0 atom stereocenters. The highest BCUT2D eigenvalue weighted by Gasteiger charge is 2.20. The van der Waals surface area contributed by atoms with Crippen LogP contribution in [-0.2, 0) is 4.79 Å². The molecular weight excluding hydrogens is 402 g/mol. The first-order valence-electron chi connectivity index (χ1n) is 10.2. The van der Waals surface area contributed by atoms with Crippen LogP contribution in [0.3, 0.4) is 0 Å². The second kappa shape index (κ2) is 9.26. The fraction of sp³-hybridized carbons (Fsp3) is 0.120. The summed E-state index contributed by atoms with van der Waals surface area (Å²) in [4.78, 5) is 29.3. The molecule has 0 saturated heterocycles. The lowest BCUT2D eigenvalue weighted by Crippen LogP contribution is -2.26. The van der Waals surface area contributed by atoms with E-state index in [1.54, 1.807) is 30.7 Å². The molecule has 0 fully saturated rings. The lowest BCUT2D eigenvalue weighted by atomic mass is 10.1. The second-order valence-electron chi connectivity index (χ2n) is 7.37. The number of benzene rings is 1. The molecule has 0 aliphatic carbocycles. The Labute approximate surface area is 185 Å². The number of nitrogens with one attached hydrogen (secondary N) is 2. The van der Waals surface area contributed by atoms with Crippen LogP contribution in [0.5, 0.6) is 0 Å². The van der Waals surface area contributed by atoms with E-state index in [-0.39, 0.29) is 18.2 Å². The predicted octanol–water partition coefficient (Wildman–Crippen LogP) is 3.74. The van der Waals surface area contributed by atoms with Gasteiger partial charge in [0, 0.05) is 35.4 Å². The molecule has 1 aromatic carbocycles. The van der Waals surface area contributed by atoms with E-state index >= 15 is 0 Å². The molecule has 7 nitrogen and oxygen atoms in total. The molecule has 0 saturated carbocycles. The summed E-state index contributed by atoms with van der Waals surface area (Å²) in [6.45, 7) is 3.96. The molecule has 1 amide bonds. The Morgan fingerprint density at radius 2 is 1.78 bits per heavy atom. The molecule has 2 N–H and O–H groups in total. The number of hydrogen-bond donors (Lipinski definition) is 2. The van der Waals surface area contributed by atoms with Crippen molar-refractivity contribution in [3.63, 3.8) is 0 Å². The van der Waals surface area contributed by atoms with Gasteiger partial charge in [0.1, 0.15) is 0 Å². The van der Waals surface area contributed by atoms with E-state index in [0.29, 0.717) is 11.3 Å². The number of para-hydroxylation sites is 1. The third kappa shape index (κ3) is 4.27. The number of aromatic nitrogens is 2. The minimum Gasteiger partial charge on any atom is -0.376 e. The summed E-state index contributed by atoms with van der Waals surface area (Å²) in [5.74, 6) is -0.365. The highest BCUT2D eigenvalue weighted by Crippen LogP contribution is 2.24. The van der Waals surface area contributed by atoms with Crippen LogP contribution < -0.4 is 10.7 Å². The Bertz CT molecular complexity index is 1310. The molecule has 0 spiro atoms. The first-order valence-corrected chi connectivity index (χ1v) is 10.2. The predicted molar refractivity (Wildman–Crippen MR) is 125 cm³/mol. The smallest absolute Gasteiger partial charge is 0.259 e. The number of anilines is 1. The van der Waals surface area contributed by atoms with Crippen molar-refractivity contribution < 1.29 is 9.59 Å². The molecule has 0 unspecified atom stereocenters. The average Bonchev–Trinajstić information content (AvgIpc) is 3.10. The molecule has 3 heterocycles. The van der Waals surface area contributed by atoms with Crippen LogP contribution in [0.4, 0.5) is 5.69 Å². The standard InChI is InChI=1S/C25H23N5O2/c1-17-7-3-4-8-21(17)27-16-23(31)29-28-15-20-18(2)24(30-14-6-5-9-22(20)30)25(32)19-10-12-26-13-11-19/h3-15,27H,16H2,1-2H3,(H,29,31)/b28-15+. The third-order valence-electron chi connectivity index (χ3n) is 5.26. The van der Waals surface area contributed by atoms with Gasteiger partial charge in [0.15, 0.2) is 0 Å². The summed E-state index contributed by atoms with van der Waals surface area (Å²) in [5.41, 5.74) is 8.02. The quantitative estimate of drug-likeness (QED) is 0.268. The van der Waals surface area contributed by atoms with E-state index in [1.165, 1.54) is 0 Å². The van der Waals surface area contributed by atoms with Gasteiger partial charge in [0.2, 0.25) is 5.78 Å². The molecule has 0 radical (unpaired) electrons. The van der Waals surface area contributed by atoms with E-state index < -0.39 is 0 Å². The Balaban J connectivity index is 1.54. The fourth-order valence-electron chi connectivity index (χ4n) is 3.60. The molecule has 0 aliphatic heterocycles. The largest absolute Gasteiger partial charge is 0.376 e. The van der Waals surface area contributed by atoms with Crippen LogP contribution in [0, 0.1) is 13.8 Å². The summed E-state index contributed by atoms with van der Waals surface area (Å²) in [6.07, 6.45) is 6.63. The number of fused-ring (bicyclic) bond motifs is 1. The van der Waals surface area contributed by atoms with Crippen molar-refractivity contribution >= 4 is 29.1 Å². The molecule has 160 valence electrons. The van der Waals surface area contributed by atoms with E-state index in [4.69, 9.17) is 0 Å². The lowest BCUT2D eigenvalue weighted by Gasteiger charge is -2.07. The normalized spacial score (nSPS) is 11.1. The van der Waals surface area contributed by atoms with Crippen LogP contribution in [-0.4, -0.2) is 33.8 Å². The molecular formula is C25H23N5O2. The average molecular weight is 425 g/mol. The zero-order valence-corrected chi connectivity index (χ0v) is 17.9. The van der Waals surface area contributed by atoms with Gasteiger partial charge in [-0.3, -0.25) is 14.6 Å². The van der Waals surface area contributed by atoms with Crippen molar-refractivity contribution in [2.75, 3.05) is 11.9 Å². The second-order valence-corrected chi connectivity index (χ2v) is 7.37. The van der Waals surface area contributed by atoms with E-state index in [1.807, 2.05) is 66.9 Å². The van der Waals surface area contributed by atoms with Gasteiger partial charge >= 0.3 is 0 Å². The minimum absolute atomic E-state index is 0.0998. The van der Waals surface area contributed by atoms with Gasteiger partial charge in [0.25, 0.3) is 5.91 Å². The van der Waals surface area contributed by atoms with Crippen LogP contribution in [0.15, 0.2) is 78.3 Å². The van der Waals surface area contributed by atoms with Crippen LogP contribution in [0.1, 0.15) is 32.7 Å². The lowest BCUT2D eigenvalue weighted by molar-refractivity contribution is -0.119. The number of ketones is 1. The maximum atomic E-state index is 13.2. The van der Waals surface area contributed by atoms with E-state index in [9.17, 15) is 9.59 Å². The Hall–Kier alpha value is -4.26. The summed E-state index contributed by atoms with van der Waals surface area (Å²) in [5, 5.41) is 7.23. The SMILES string of the molecule is Cc1ccccc1NCC(=O)N/N=C/c1c(C)c(C(=O)c2ccncc2)n2ccccc12. The summed E-state index contributed by atoms with van der Waals surface area (Å²) in [6, 6.07) is 16.8. The Morgan fingerprint density at radius 3 is 2.56 bits per heavy atom. The molecule has 4 aromatic rings. The van der Waals surface area contributed by atoms with Crippen LogP contribution in [0.25, 0.3) is 5.52 Å². The number of amides is 1. The Kier molecular flexibility index (Phi) is 6.07. The number of carbonyl (C=O) groups excluding carboxylic acids is 2. The zero-order valence-electron chi connectivity index (χ0n) is 17.9. The Morgan fingerprint density at radius 1 is 1.03 bits per heavy atom. The summed E-state index contributed by atoms with van der Waals surface area (Å²) >= 11 is 0. The van der Waals surface area contributed by atoms with Gasteiger partial charge in [-0.05, 0) is 55.3 Å². The molecule has 7 heteroatoms. The van der Waals surface area contributed by atoms with Gasteiger partial charge in [-0.15, -0.1) is 0 Å². The first kappa shape index (κ1) is 21.0. The van der Waals surface area contributed by atoms with Gasteiger partial charge in [-0.25, -0.2) is 5.43 Å². The van der Waals surface area contributed by atoms with Gasteiger partial charge < -0.3 is 9.72 Å². The van der Waals surface area contributed by atoms with Crippen LogP contribution in [0.2, 0.25) is 0 Å². The van der Waals surface area contributed by atoms with Gasteiger partial charge in [-0.2, -0.15) is 5.10 Å². The minimum atomic E-state index is -0.265. The van der Waals surface area contributed by atoms with Crippen molar-refractivity contribution in [3.8, 4) is 0 Å². The van der Waals surface area contributed by atoms with Crippen molar-refractivity contribution in [1.82, 2.24) is 14.8 Å². The number of carbonyl (C=O) groups is 2. The van der Waals surface area contributed by atoms with Crippen molar-refractivity contribution in [3.05, 3.63) is 101 Å². The monoisotopic (exact) mass is 425 g/mol. The molecule has 0 bridgehead atoms. The maximum Gasteiger partial charge on any atom is 0.259 e. The van der Waals surface area contributed by atoms with E-state index in [0.717, 1.165) is 27.9 Å². The van der Waals surface area contributed by atoms with Crippen molar-refractivity contribution in [2.45, 2.75) is 13.8 Å². The summed E-state index contributed by atoms with van der Waals surface area (Å²) in [7, 11) is 0. The van der Waals surface area contributed by atoms with E-state index in [2.05, 4.69) is 20.8 Å². The topological polar surface area (TPSA) is 87.9 Å². The molecule has 32 heavy (non-hydrogen) atoms. The number of pyridine rings is 2. The number of aryl methyl sites for hydroxylation is 1. The number of hydrogen-bond acceptors (Lipinski definition) is 5. The third-order valence-corrected chi connectivity index (χ3v) is 5.26. The molecule has 4 rings (SSSR count). The number of rotatable bonds is 7. The highest BCUT2D eigenvalue weighted by atomic mass is 16.2. The maximum absolute atomic E-state index is 13.2. The van der Waals surface area contributed by atoms with Gasteiger partial charge in [-0.1, -0.05) is 24.3 Å².